The summed E-state index contributed by atoms with van der Waals surface area (Å²) in [5.74, 6) is -1.91. The molecule has 0 aliphatic carbocycles. The highest BCUT2D eigenvalue weighted by Gasteiger charge is 2.32. The minimum Gasteiger partial charge on any atom is -0.445 e. The first-order valence-corrected chi connectivity index (χ1v) is 14.4. The lowest BCUT2D eigenvalue weighted by molar-refractivity contribution is -0.137. The molecule has 2 heterocycles. The first kappa shape index (κ1) is 30.5. The van der Waals surface area contributed by atoms with Gasteiger partial charge in [0.15, 0.2) is 0 Å². The Kier molecular flexibility index (Phi) is 8.04. The smallest absolute Gasteiger partial charge is 0.416 e. The number of carbonyl (C=O) groups is 1. The zero-order valence-corrected chi connectivity index (χ0v) is 24.3. The van der Waals surface area contributed by atoms with E-state index in [4.69, 9.17) is 8.94 Å². The van der Waals surface area contributed by atoms with Crippen LogP contribution in [0.25, 0.3) is 22.6 Å². The highest BCUT2D eigenvalue weighted by atomic mass is 32.2. The number of hydrogen-bond acceptors (Lipinski definition) is 7. The Morgan fingerprint density at radius 3 is 2.43 bits per heavy atom. The van der Waals surface area contributed by atoms with Gasteiger partial charge in [-0.3, -0.25) is 4.79 Å². The fourth-order valence-electron chi connectivity index (χ4n) is 4.52. The molecule has 5 rings (SSSR count). The topological polar surface area (TPSA) is 119 Å². The van der Waals surface area contributed by atoms with Gasteiger partial charge >= 0.3 is 6.18 Å². The van der Waals surface area contributed by atoms with Gasteiger partial charge in [0, 0.05) is 35.8 Å². The van der Waals surface area contributed by atoms with Crippen molar-refractivity contribution in [3.8, 4) is 22.6 Å². The van der Waals surface area contributed by atoms with Gasteiger partial charge in [-0.2, -0.15) is 13.2 Å². The number of nitrogens with one attached hydrogen (secondary N) is 1. The monoisotopic (exact) mass is 628 g/mol. The van der Waals surface area contributed by atoms with Crippen LogP contribution >= 0.6 is 0 Å². The number of alkyl halides is 3. The lowest BCUT2D eigenvalue weighted by Crippen LogP contribution is -2.27. The van der Waals surface area contributed by atoms with Crippen molar-refractivity contribution >= 4 is 21.8 Å². The van der Waals surface area contributed by atoms with Gasteiger partial charge in [0.05, 0.1) is 22.3 Å². The minimum atomic E-state index is -4.86. The third-order valence-electron chi connectivity index (χ3n) is 6.86. The summed E-state index contributed by atoms with van der Waals surface area (Å²) in [5, 5.41) is 3.78. The van der Waals surface area contributed by atoms with Gasteiger partial charge in [0.1, 0.15) is 12.1 Å². The van der Waals surface area contributed by atoms with E-state index in [1.807, 2.05) is 0 Å². The van der Waals surface area contributed by atoms with Crippen molar-refractivity contribution in [2.45, 2.75) is 31.5 Å². The molecule has 0 fully saturated rings. The van der Waals surface area contributed by atoms with Gasteiger partial charge in [-0.25, -0.2) is 22.5 Å². The van der Waals surface area contributed by atoms with Gasteiger partial charge in [0.25, 0.3) is 15.9 Å². The second-order valence-electron chi connectivity index (χ2n) is 9.92. The van der Waals surface area contributed by atoms with Crippen LogP contribution in [-0.4, -0.2) is 36.4 Å². The van der Waals surface area contributed by atoms with E-state index in [1.165, 1.54) is 31.6 Å². The van der Waals surface area contributed by atoms with Crippen LogP contribution < -0.4 is 4.72 Å². The number of carbonyl (C=O) groups excluding carboxylic acids is 1. The molecule has 3 aromatic carbocycles. The van der Waals surface area contributed by atoms with Crippen LogP contribution in [0, 0.1) is 19.7 Å². The molecule has 0 bridgehead atoms. The average Bonchev–Trinajstić information content (AvgIpc) is 3.62. The van der Waals surface area contributed by atoms with E-state index in [-0.39, 0.29) is 28.8 Å². The molecule has 2 aromatic heterocycles. The molecule has 0 radical (unpaired) electrons. The number of aryl methyl sites for hydroxylation is 1. The van der Waals surface area contributed by atoms with E-state index in [2.05, 4.69) is 14.9 Å². The normalized spacial score (nSPS) is 11.9. The number of hydrogen-bond donors (Lipinski definition) is 1. The lowest BCUT2D eigenvalue weighted by atomic mass is 9.96. The molecule has 0 saturated carbocycles. The fraction of sp³-hybridized carbons (Fsp3) is 0.167. The molecule has 44 heavy (non-hydrogen) atoms. The number of amides is 1. The Morgan fingerprint density at radius 2 is 1.77 bits per heavy atom. The zero-order valence-electron chi connectivity index (χ0n) is 23.4. The number of anilines is 1. The van der Waals surface area contributed by atoms with Crippen molar-refractivity contribution < 1.29 is 39.7 Å². The quantitative estimate of drug-likeness (QED) is 0.187. The third-order valence-corrected chi connectivity index (χ3v) is 8.25. The molecular weight excluding hydrogens is 604 g/mol. The molecule has 14 heteroatoms. The van der Waals surface area contributed by atoms with Crippen LogP contribution in [0.4, 0.5) is 23.4 Å². The zero-order chi connectivity index (χ0) is 31.8. The summed E-state index contributed by atoms with van der Waals surface area (Å²) >= 11 is 0. The molecule has 0 spiro atoms. The number of nitrogens with zero attached hydrogens (tertiary/aromatic N) is 3. The Balaban J connectivity index is 1.57. The van der Waals surface area contributed by atoms with Crippen molar-refractivity contribution in [1.29, 1.82) is 0 Å². The van der Waals surface area contributed by atoms with Crippen LogP contribution in [0.1, 0.15) is 32.7 Å². The summed E-state index contributed by atoms with van der Waals surface area (Å²) in [6.45, 7) is 3.11. The largest absolute Gasteiger partial charge is 0.445 e. The SMILES string of the molecule is Cc1noc(NS(=O)(=O)c2ccccc2-c2ccc(-c3ncco3)cc2CN(C)C(=O)c2cc(F)cc(C(F)(F)F)c2)c1C. The van der Waals surface area contributed by atoms with Gasteiger partial charge in [-0.15, -0.1) is 0 Å². The van der Waals surface area contributed by atoms with Gasteiger partial charge in [-0.05, 0) is 61.4 Å². The maximum absolute atomic E-state index is 14.1. The summed E-state index contributed by atoms with van der Waals surface area (Å²) in [6.07, 6.45) is -2.07. The number of oxazole rings is 1. The van der Waals surface area contributed by atoms with Crippen LogP contribution in [0.5, 0.6) is 0 Å². The molecule has 0 atom stereocenters. The molecule has 1 N–H and O–H groups in total. The van der Waals surface area contributed by atoms with Gasteiger partial charge in [0.2, 0.25) is 11.8 Å². The predicted octanol–water partition coefficient (Wildman–Crippen LogP) is 6.84. The van der Waals surface area contributed by atoms with Crippen molar-refractivity contribution in [2.75, 3.05) is 11.8 Å². The Hall–Kier alpha value is -4.98. The fourth-order valence-corrected chi connectivity index (χ4v) is 5.79. The highest BCUT2D eigenvalue weighted by Crippen LogP contribution is 2.35. The van der Waals surface area contributed by atoms with Crippen LogP contribution in [0.3, 0.4) is 0 Å². The lowest BCUT2D eigenvalue weighted by Gasteiger charge is -2.21. The molecule has 9 nitrogen and oxygen atoms in total. The molecule has 5 aromatic rings. The first-order valence-electron chi connectivity index (χ1n) is 13.0. The maximum atomic E-state index is 14.1. The first-order chi connectivity index (χ1) is 20.7. The van der Waals surface area contributed by atoms with E-state index in [1.54, 1.807) is 44.2 Å². The molecule has 0 aliphatic rings. The molecular formula is C30H24F4N4O5S. The Labute approximate surface area is 249 Å². The van der Waals surface area contributed by atoms with Crippen molar-refractivity contribution in [2.24, 2.45) is 0 Å². The van der Waals surface area contributed by atoms with Gasteiger partial charge in [-0.1, -0.05) is 29.4 Å². The number of rotatable bonds is 8. The molecule has 228 valence electrons. The van der Waals surface area contributed by atoms with Crippen molar-refractivity contribution in [3.63, 3.8) is 0 Å². The predicted molar refractivity (Wildman–Crippen MR) is 151 cm³/mol. The van der Waals surface area contributed by atoms with E-state index in [0.29, 0.717) is 40.1 Å². The standard InChI is InChI=1S/C30H24F4N4O5S/c1-17-18(2)36-43-27(17)37-44(40,41)26-7-5-4-6-25(26)24-9-8-19(28-35-10-11-42-28)12-21(24)16-38(3)29(39)20-13-22(30(32,33)34)15-23(31)14-20/h4-15,37H,16H2,1-3H3. The highest BCUT2D eigenvalue weighted by molar-refractivity contribution is 7.92. The minimum absolute atomic E-state index is 0.0459. The average molecular weight is 629 g/mol. The Morgan fingerprint density at radius 1 is 1.02 bits per heavy atom. The summed E-state index contributed by atoms with van der Waals surface area (Å²) in [6, 6.07) is 12.6. The number of halogens is 4. The summed E-state index contributed by atoms with van der Waals surface area (Å²) < 4.78 is 94.1. The van der Waals surface area contributed by atoms with Crippen molar-refractivity contribution in [3.05, 3.63) is 107 Å². The Bertz CT molecular complexity index is 1950. The maximum Gasteiger partial charge on any atom is 0.416 e. The van der Waals surface area contributed by atoms with Crippen molar-refractivity contribution in [1.82, 2.24) is 15.0 Å². The number of aromatic nitrogens is 2. The summed E-state index contributed by atoms with van der Waals surface area (Å²) in [4.78, 5) is 18.4. The van der Waals surface area contributed by atoms with Crippen LogP contribution in [0.15, 0.2) is 87.0 Å². The molecule has 0 saturated heterocycles. The second kappa shape index (κ2) is 11.6. The summed E-state index contributed by atoms with van der Waals surface area (Å²) in [5.41, 5.74) is 0.751. The van der Waals surface area contributed by atoms with E-state index in [9.17, 15) is 30.8 Å². The molecule has 0 aliphatic heterocycles. The van der Waals surface area contributed by atoms with E-state index >= 15 is 0 Å². The van der Waals surface area contributed by atoms with E-state index in [0.717, 1.165) is 11.0 Å². The van der Waals surface area contributed by atoms with E-state index < -0.39 is 39.1 Å². The van der Waals surface area contributed by atoms with Crippen LogP contribution in [-0.2, 0) is 22.7 Å². The molecule has 0 unspecified atom stereocenters. The third kappa shape index (κ3) is 6.20. The summed E-state index contributed by atoms with van der Waals surface area (Å²) in [7, 11) is -2.89. The second-order valence-corrected chi connectivity index (χ2v) is 11.6. The van der Waals surface area contributed by atoms with Crippen LogP contribution in [0.2, 0.25) is 0 Å². The van der Waals surface area contributed by atoms with Gasteiger partial charge < -0.3 is 13.8 Å². The number of benzene rings is 3. The molecule has 1 amide bonds. The number of sulfonamides is 1.